The highest BCUT2D eigenvalue weighted by Crippen LogP contribution is 2.22. The van der Waals surface area contributed by atoms with Crippen LogP contribution >= 0.6 is 0 Å². The zero-order valence-corrected chi connectivity index (χ0v) is 15.6. The van der Waals surface area contributed by atoms with Crippen LogP contribution in [0.1, 0.15) is 29.0 Å². The van der Waals surface area contributed by atoms with E-state index >= 15 is 0 Å². The molecule has 0 radical (unpaired) electrons. The molecule has 1 aliphatic heterocycles. The van der Waals surface area contributed by atoms with Gasteiger partial charge in [-0.25, -0.2) is 4.79 Å². The monoisotopic (exact) mass is 374 g/mol. The number of carbonyl (C=O) groups excluding carboxylic acids is 1. The van der Waals surface area contributed by atoms with Crippen LogP contribution < -0.4 is 20.7 Å². The second-order valence-electron chi connectivity index (χ2n) is 6.54. The Morgan fingerprint density at radius 1 is 1.19 bits per heavy atom. The molecule has 0 aromatic carbocycles. The van der Waals surface area contributed by atoms with Gasteiger partial charge in [-0.1, -0.05) is 0 Å². The number of ether oxygens (including phenoxy) is 2. The minimum atomic E-state index is -0.445. The van der Waals surface area contributed by atoms with Gasteiger partial charge < -0.3 is 23.4 Å². The lowest BCUT2D eigenvalue weighted by atomic mass is 10.1. The molecule has 0 spiro atoms. The first-order valence-corrected chi connectivity index (χ1v) is 8.70. The van der Waals surface area contributed by atoms with Gasteiger partial charge in [0.05, 0.1) is 18.7 Å². The number of hydrogen-bond donors (Lipinski definition) is 0. The van der Waals surface area contributed by atoms with Crippen molar-refractivity contribution in [3.05, 3.63) is 56.5 Å². The largest absolute Gasteiger partial charge is 0.496 e. The highest BCUT2D eigenvalue weighted by molar-refractivity contribution is 5.96. The Morgan fingerprint density at radius 3 is 2.52 bits per heavy atom. The summed E-state index contributed by atoms with van der Waals surface area (Å²) in [7, 11) is 3.03. The minimum absolute atomic E-state index is 0.0859. The average Bonchev–Trinajstić information content (AvgIpc) is 2.63. The van der Waals surface area contributed by atoms with E-state index in [1.165, 1.54) is 30.0 Å². The molecule has 0 bridgehead atoms. The van der Waals surface area contributed by atoms with Crippen LogP contribution in [0.15, 0.2) is 38.4 Å². The molecule has 0 aliphatic carbocycles. The average molecular weight is 374 g/mol. The minimum Gasteiger partial charge on any atom is -0.496 e. The van der Waals surface area contributed by atoms with E-state index in [-0.39, 0.29) is 23.3 Å². The molecular formula is C19H22N2O6. The number of aryl methyl sites for hydroxylation is 2. The predicted octanol–water partition coefficient (Wildman–Crippen LogP) is 1.34. The van der Waals surface area contributed by atoms with Crippen LogP contribution in [0.4, 0.5) is 0 Å². The quantitative estimate of drug-likeness (QED) is 0.802. The summed E-state index contributed by atoms with van der Waals surface area (Å²) in [6.45, 7) is 2.71. The van der Waals surface area contributed by atoms with Crippen LogP contribution in [-0.2, 0) is 7.05 Å². The molecule has 8 heteroatoms. The van der Waals surface area contributed by atoms with Crippen molar-refractivity contribution in [1.82, 2.24) is 9.47 Å². The van der Waals surface area contributed by atoms with Crippen molar-refractivity contribution in [1.29, 1.82) is 0 Å². The maximum Gasteiger partial charge on any atom is 0.339 e. The van der Waals surface area contributed by atoms with Gasteiger partial charge in [-0.15, -0.1) is 0 Å². The van der Waals surface area contributed by atoms with E-state index in [1.807, 2.05) is 0 Å². The van der Waals surface area contributed by atoms with Crippen molar-refractivity contribution in [2.45, 2.75) is 25.9 Å². The Bertz CT molecular complexity index is 953. The molecule has 0 saturated carbocycles. The normalized spacial score (nSPS) is 14.9. The third kappa shape index (κ3) is 4.21. The van der Waals surface area contributed by atoms with Gasteiger partial charge in [0.15, 0.2) is 0 Å². The van der Waals surface area contributed by atoms with Gasteiger partial charge in [0.1, 0.15) is 23.4 Å². The summed E-state index contributed by atoms with van der Waals surface area (Å²) in [5.74, 6) is 1.06. The molecule has 144 valence electrons. The summed E-state index contributed by atoms with van der Waals surface area (Å²) in [5.41, 5.74) is -0.326. The molecule has 1 amide bonds. The Hall–Kier alpha value is -3.03. The third-order valence-electron chi connectivity index (χ3n) is 4.54. The smallest absolute Gasteiger partial charge is 0.339 e. The lowest BCUT2D eigenvalue weighted by Gasteiger charge is -2.32. The standard InChI is InChI=1S/C19H22N2O6/c1-12-8-14(9-18(23)26-12)27-13-4-6-21(7-5-13)19(24)15-11-20(2)17(22)10-16(15)25-3/h8-11,13H,4-7H2,1-3H3. The molecular weight excluding hydrogens is 352 g/mol. The highest BCUT2D eigenvalue weighted by atomic mass is 16.5. The molecule has 2 aromatic heterocycles. The zero-order valence-electron chi connectivity index (χ0n) is 15.6. The molecule has 1 fully saturated rings. The van der Waals surface area contributed by atoms with E-state index in [1.54, 1.807) is 24.9 Å². The van der Waals surface area contributed by atoms with E-state index in [2.05, 4.69) is 0 Å². The summed E-state index contributed by atoms with van der Waals surface area (Å²) in [6, 6.07) is 4.31. The van der Waals surface area contributed by atoms with Gasteiger partial charge in [0.25, 0.3) is 11.5 Å². The van der Waals surface area contributed by atoms with Gasteiger partial charge in [-0.3, -0.25) is 9.59 Å². The molecule has 1 saturated heterocycles. The Morgan fingerprint density at radius 2 is 1.89 bits per heavy atom. The van der Waals surface area contributed by atoms with E-state index in [4.69, 9.17) is 13.9 Å². The number of carbonyl (C=O) groups is 1. The lowest BCUT2D eigenvalue weighted by Crippen LogP contribution is -2.42. The van der Waals surface area contributed by atoms with Crippen LogP contribution in [0.2, 0.25) is 0 Å². The number of aromatic nitrogens is 1. The van der Waals surface area contributed by atoms with E-state index in [9.17, 15) is 14.4 Å². The first kappa shape index (κ1) is 18.8. The van der Waals surface area contributed by atoms with Crippen LogP contribution in [0.25, 0.3) is 0 Å². The van der Waals surface area contributed by atoms with E-state index in [0.29, 0.717) is 43.0 Å². The summed E-state index contributed by atoms with van der Waals surface area (Å²) >= 11 is 0. The fraction of sp³-hybridized carbons (Fsp3) is 0.421. The Labute approximate surface area is 155 Å². The fourth-order valence-corrected chi connectivity index (χ4v) is 3.13. The van der Waals surface area contributed by atoms with Crippen LogP contribution in [0.5, 0.6) is 11.5 Å². The SMILES string of the molecule is COc1cc(=O)n(C)cc1C(=O)N1CCC(Oc2cc(C)oc(=O)c2)CC1. The van der Waals surface area contributed by atoms with Crippen molar-refractivity contribution in [3.8, 4) is 11.5 Å². The summed E-state index contributed by atoms with van der Waals surface area (Å²) in [6.07, 6.45) is 2.69. The number of amides is 1. The number of likely N-dealkylation sites (tertiary alicyclic amines) is 1. The zero-order chi connectivity index (χ0) is 19.6. The number of piperidine rings is 1. The molecule has 0 N–H and O–H groups in total. The topological polar surface area (TPSA) is 91.0 Å². The fourth-order valence-electron chi connectivity index (χ4n) is 3.13. The highest BCUT2D eigenvalue weighted by Gasteiger charge is 2.27. The molecule has 0 unspecified atom stereocenters. The molecule has 3 heterocycles. The van der Waals surface area contributed by atoms with Gasteiger partial charge in [-0.05, 0) is 6.92 Å². The molecule has 27 heavy (non-hydrogen) atoms. The lowest BCUT2D eigenvalue weighted by molar-refractivity contribution is 0.0590. The van der Waals surface area contributed by atoms with Gasteiger partial charge in [0, 0.05) is 51.3 Å². The predicted molar refractivity (Wildman–Crippen MR) is 97.5 cm³/mol. The van der Waals surface area contributed by atoms with Crippen LogP contribution in [0.3, 0.4) is 0 Å². The van der Waals surface area contributed by atoms with Crippen LogP contribution in [0, 0.1) is 6.92 Å². The van der Waals surface area contributed by atoms with Crippen molar-refractivity contribution >= 4 is 5.91 Å². The number of hydrogen-bond acceptors (Lipinski definition) is 6. The van der Waals surface area contributed by atoms with Gasteiger partial charge in [-0.2, -0.15) is 0 Å². The maximum absolute atomic E-state index is 12.8. The Kier molecular flexibility index (Phi) is 5.34. The molecule has 1 aliphatic rings. The Balaban J connectivity index is 1.67. The summed E-state index contributed by atoms with van der Waals surface area (Å²) in [4.78, 5) is 37.7. The maximum atomic E-state index is 12.8. The van der Waals surface area contributed by atoms with Crippen molar-refractivity contribution in [2.24, 2.45) is 7.05 Å². The van der Waals surface area contributed by atoms with Crippen LogP contribution in [-0.4, -0.2) is 41.7 Å². The summed E-state index contributed by atoms with van der Waals surface area (Å²) < 4.78 is 17.3. The van der Waals surface area contributed by atoms with Crippen molar-refractivity contribution < 1.29 is 18.7 Å². The summed E-state index contributed by atoms with van der Waals surface area (Å²) in [5, 5.41) is 0. The second-order valence-corrected chi connectivity index (χ2v) is 6.54. The number of nitrogens with zero attached hydrogens (tertiary/aromatic N) is 2. The number of pyridine rings is 1. The van der Waals surface area contributed by atoms with Crippen molar-refractivity contribution in [3.63, 3.8) is 0 Å². The van der Waals surface area contributed by atoms with Crippen molar-refractivity contribution in [2.75, 3.05) is 20.2 Å². The van der Waals surface area contributed by atoms with E-state index < -0.39 is 5.63 Å². The second kappa shape index (κ2) is 7.69. The number of rotatable bonds is 4. The molecule has 0 atom stereocenters. The van der Waals surface area contributed by atoms with Gasteiger partial charge >= 0.3 is 5.63 Å². The van der Waals surface area contributed by atoms with Gasteiger partial charge in [0.2, 0.25) is 0 Å². The number of methoxy groups -OCH3 is 1. The first-order valence-electron chi connectivity index (χ1n) is 8.70. The third-order valence-corrected chi connectivity index (χ3v) is 4.54. The molecule has 3 rings (SSSR count). The molecule has 2 aromatic rings. The first-order chi connectivity index (χ1) is 12.9. The van der Waals surface area contributed by atoms with E-state index in [0.717, 1.165) is 0 Å². The molecule has 8 nitrogen and oxygen atoms in total.